The number of halogens is 2. The van der Waals surface area contributed by atoms with Crippen molar-refractivity contribution in [3.05, 3.63) is 29.0 Å². The minimum atomic E-state index is -4.09. The molecule has 1 rings (SSSR count). The van der Waals surface area contributed by atoms with Gasteiger partial charge in [-0.05, 0) is 18.2 Å². The first-order chi connectivity index (χ1) is 7.33. The molecular formula is C8H8ClFN2O3S. The van der Waals surface area contributed by atoms with Crippen molar-refractivity contribution < 1.29 is 17.6 Å². The van der Waals surface area contributed by atoms with Crippen LogP contribution < -0.4 is 10.5 Å². The molecule has 0 saturated carbocycles. The van der Waals surface area contributed by atoms with E-state index in [1.165, 1.54) is 6.07 Å². The lowest BCUT2D eigenvalue weighted by molar-refractivity contribution is -0.116. The highest BCUT2D eigenvalue weighted by atomic mass is 35.5. The van der Waals surface area contributed by atoms with Crippen molar-refractivity contribution >= 4 is 27.5 Å². The highest BCUT2D eigenvalue weighted by Gasteiger charge is 2.19. The van der Waals surface area contributed by atoms with E-state index in [9.17, 15) is 17.6 Å². The van der Waals surface area contributed by atoms with E-state index in [1.807, 2.05) is 4.72 Å². The van der Waals surface area contributed by atoms with Crippen molar-refractivity contribution in [3.8, 4) is 0 Å². The number of amides is 1. The van der Waals surface area contributed by atoms with E-state index in [1.54, 1.807) is 0 Å². The zero-order valence-electron chi connectivity index (χ0n) is 7.91. The molecule has 5 nitrogen and oxygen atoms in total. The van der Waals surface area contributed by atoms with Crippen LogP contribution in [0.25, 0.3) is 0 Å². The van der Waals surface area contributed by atoms with Gasteiger partial charge in [0.2, 0.25) is 15.9 Å². The molecule has 0 fully saturated rings. The van der Waals surface area contributed by atoms with Crippen molar-refractivity contribution in [1.29, 1.82) is 0 Å². The lowest BCUT2D eigenvalue weighted by atomic mass is 10.3. The molecule has 0 spiro atoms. The lowest BCUT2D eigenvalue weighted by Gasteiger charge is -2.05. The number of benzene rings is 1. The van der Waals surface area contributed by atoms with Crippen molar-refractivity contribution in [2.45, 2.75) is 4.90 Å². The number of nitrogens with two attached hydrogens (primary N) is 1. The minimum absolute atomic E-state index is 0.0753. The molecule has 0 aliphatic heterocycles. The summed E-state index contributed by atoms with van der Waals surface area (Å²) in [5.41, 5.74) is 4.76. The highest BCUT2D eigenvalue weighted by Crippen LogP contribution is 2.18. The highest BCUT2D eigenvalue weighted by molar-refractivity contribution is 7.89. The fourth-order valence-electron chi connectivity index (χ4n) is 0.937. The number of primary amides is 1. The summed E-state index contributed by atoms with van der Waals surface area (Å²) in [6.07, 6.45) is 0. The molecule has 8 heteroatoms. The molecule has 3 N–H and O–H groups in total. The molecule has 0 aliphatic carbocycles. The minimum Gasteiger partial charge on any atom is -0.369 e. The molecule has 0 heterocycles. The van der Waals surface area contributed by atoms with Gasteiger partial charge in [-0.3, -0.25) is 4.79 Å². The Hall–Kier alpha value is -1.18. The quantitative estimate of drug-likeness (QED) is 0.818. The largest absolute Gasteiger partial charge is 0.369 e. The second kappa shape index (κ2) is 4.77. The van der Waals surface area contributed by atoms with Gasteiger partial charge in [-0.2, -0.15) is 0 Å². The number of hydrogen-bond acceptors (Lipinski definition) is 3. The zero-order valence-corrected chi connectivity index (χ0v) is 9.48. The Morgan fingerprint density at radius 2 is 2.12 bits per heavy atom. The van der Waals surface area contributed by atoms with Gasteiger partial charge < -0.3 is 5.73 Å². The maximum absolute atomic E-state index is 13.3. The number of carbonyl (C=O) groups is 1. The van der Waals surface area contributed by atoms with Gasteiger partial charge in [-0.15, -0.1) is 0 Å². The second-order valence-corrected chi connectivity index (χ2v) is 5.04. The summed E-state index contributed by atoms with van der Waals surface area (Å²) in [4.78, 5) is 9.81. The first-order valence-corrected chi connectivity index (χ1v) is 5.92. The monoisotopic (exact) mass is 266 g/mol. The Kier molecular flexibility index (Phi) is 3.84. The molecule has 0 aliphatic rings. The van der Waals surface area contributed by atoms with Gasteiger partial charge in [0.1, 0.15) is 10.7 Å². The van der Waals surface area contributed by atoms with Crippen LogP contribution >= 0.6 is 11.6 Å². The molecular weight excluding hydrogens is 259 g/mol. The Bertz CT molecular complexity index is 518. The van der Waals surface area contributed by atoms with Crippen molar-refractivity contribution in [3.63, 3.8) is 0 Å². The molecule has 0 atom stereocenters. The molecule has 1 aromatic rings. The van der Waals surface area contributed by atoms with E-state index in [0.29, 0.717) is 0 Å². The van der Waals surface area contributed by atoms with Crippen LogP contribution in [0.3, 0.4) is 0 Å². The molecule has 0 saturated heterocycles. The Morgan fingerprint density at radius 3 is 2.62 bits per heavy atom. The lowest BCUT2D eigenvalue weighted by Crippen LogP contribution is -2.33. The summed E-state index contributed by atoms with van der Waals surface area (Å²) < 4.78 is 38.0. The first kappa shape index (κ1) is 12.9. The topological polar surface area (TPSA) is 89.3 Å². The third-order valence-corrected chi connectivity index (χ3v) is 3.29. The first-order valence-electron chi connectivity index (χ1n) is 4.06. The Balaban J connectivity index is 3.03. The van der Waals surface area contributed by atoms with Gasteiger partial charge in [0.15, 0.2) is 0 Å². The average Bonchev–Trinajstić information content (AvgIpc) is 2.14. The van der Waals surface area contributed by atoms with Gasteiger partial charge in [0.05, 0.1) is 6.54 Å². The second-order valence-electron chi connectivity index (χ2n) is 2.87. The van der Waals surface area contributed by atoms with Crippen LogP contribution in [0.15, 0.2) is 23.1 Å². The number of rotatable bonds is 4. The molecule has 0 unspecified atom stereocenters. The summed E-state index contributed by atoms with van der Waals surface area (Å²) in [6.45, 7) is -0.593. The molecule has 0 radical (unpaired) electrons. The molecule has 1 aromatic carbocycles. The number of sulfonamides is 1. The van der Waals surface area contributed by atoms with Gasteiger partial charge in [-0.1, -0.05) is 11.6 Å². The summed E-state index contributed by atoms with van der Waals surface area (Å²) in [6, 6.07) is 3.09. The summed E-state index contributed by atoms with van der Waals surface area (Å²) in [5.74, 6) is -1.86. The van der Waals surface area contributed by atoms with Crippen LogP contribution in [0.2, 0.25) is 5.02 Å². The molecule has 1 amide bonds. The van der Waals surface area contributed by atoms with Crippen LogP contribution in [0.5, 0.6) is 0 Å². The van der Waals surface area contributed by atoms with Crippen LogP contribution in [0.1, 0.15) is 0 Å². The van der Waals surface area contributed by atoms with Crippen molar-refractivity contribution in [2.24, 2.45) is 5.73 Å². The standard InChI is InChI=1S/C8H8ClFN2O3S/c9-5-1-2-7(6(10)3-5)16(14,15)12-4-8(11)13/h1-3,12H,4H2,(H2,11,13). The summed E-state index contributed by atoms with van der Waals surface area (Å²) in [5, 5.41) is 0.0753. The molecule has 0 bridgehead atoms. The van der Waals surface area contributed by atoms with Crippen molar-refractivity contribution in [2.75, 3.05) is 6.54 Å². The summed E-state index contributed by atoms with van der Waals surface area (Å²) in [7, 11) is -4.09. The third-order valence-electron chi connectivity index (χ3n) is 1.62. The predicted molar refractivity (Wildman–Crippen MR) is 55.8 cm³/mol. The van der Waals surface area contributed by atoms with Crippen LogP contribution in [-0.2, 0) is 14.8 Å². The van der Waals surface area contributed by atoms with E-state index in [2.05, 4.69) is 0 Å². The van der Waals surface area contributed by atoms with Crippen LogP contribution in [0, 0.1) is 5.82 Å². The van der Waals surface area contributed by atoms with Gasteiger partial charge in [-0.25, -0.2) is 17.5 Å². The van der Waals surface area contributed by atoms with E-state index in [4.69, 9.17) is 17.3 Å². The molecule has 16 heavy (non-hydrogen) atoms. The molecule has 88 valence electrons. The normalized spacial score (nSPS) is 11.4. The van der Waals surface area contributed by atoms with Crippen LogP contribution in [-0.4, -0.2) is 20.9 Å². The predicted octanol–water partition coefficient (Wildman–Crippen LogP) is 0.243. The Morgan fingerprint density at radius 1 is 1.50 bits per heavy atom. The van der Waals surface area contributed by atoms with Crippen molar-refractivity contribution in [1.82, 2.24) is 4.72 Å². The van der Waals surface area contributed by atoms with E-state index in [-0.39, 0.29) is 5.02 Å². The fraction of sp³-hybridized carbons (Fsp3) is 0.125. The maximum Gasteiger partial charge on any atom is 0.243 e. The van der Waals surface area contributed by atoms with Gasteiger partial charge in [0.25, 0.3) is 0 Å². The van der Waals surface area contributed by atoms with E-state index in [0.717, 1.165) is 12.1 Å². The van der Waals surface area contributed by atoms with E-state index >= 15 is 0 Å². The number of hydrogen-bond donors (Lipinski definition) is 2. The summed E-state index contributed by atoms with van der Waals surface area (Å²) >= 11 is 5.47. The van der Waals surface area contributed by atoms with Gasteiger partial charge >= 0.3 is 0 Å². The third kappa shape index (κ3) is 3.16. The maximum atomic E-state index is 13.3. The SMILES string of the molecule is NC(=O)CNS(=O)(=O)c1ccc(Cl)cc1F. The number of carbonyl (C=O) groups excluding carboxylic acids is 1. The zero-order chi connectivity index (χ0) is 12.3. The molecule has 0 aromatic heterocycles. The van der Waals surface area contributed by atoms with Crippen LogP contribution in [0.4, 0.5) is 4.39 Å². The number of nitrogens with one attached hydrogen (secondary N) is 1. The van der Waals surface area contributed by atoms with E-state index < -0.39 is 33.2 Å². The van der Waals surface area contributed by atoms with Gasteiger partial charge in [0, 0.05) is 5.02 Å². The fourth-order valence-corrected chi connectivity index (χ4v) is 2.15. The smallest absolute Gasteiger partial charge is 0.243 e. The Labute approximate surface area is 96.4 Å². The average molecular weight is 267 g/mol.